The first-order valence-electron chi connectivity index (χ1n) is 5.76. The first-order valence-corrected chi connectivity index (χ1v) is 5.76. The van der Waals surface area contributed by atoms with Gasteiger partial charge in [0.1, 0.15) is 0 Å². The van der Waals surface area contributed by atoms with Crippen molar-refractivity contribution in [1.29, 1.82) is 0 Å². The average molecular weight is 212 g/mol. The van der Waals surface area contributed by atoms with Crippen LogP contribution in [0.2, 0.25) is 0 Å². The smallest absolute Gasteiger partial charge is 0.306 e. The minimum absolute atomic E-state index is 0.0915. The molecule has 1 saturated carbocycles. The molecule has 0 aromatic heterocycles. The zero-order valence-electron chi connectivity index (χ0n) is 9.22. The quantitative estimate of drug-likeness (QED) is 0.709. The SMILES string of the molecule is CN1CCCC(C(N)C2CC2C(=O)O)C1. The highest BCUT2D eigenvalue weighted by Crippen LogP contribution is 2.43. The van der Waals surface area contributed by atoms with Crippen LogP contribution in [0.25, 0.3) is 0 Å². The molecular formula is C11H20N2O2. The second kappa shape index (κ2) is 4.10. The Morgan fingerprint density at radius 1 is 1.60 bits per heavy atom. The third kappa shape index (κ3) is 2.32. The molecule has 2 aliphatic rings. The summed E-state index contributed by atoms with van der Waals surface area (Å²) >= 11 is 0. The van der Waals surface area contributed by atoms with Crippen LogP contribution in [-0.4, -0.2) is 42.2 Å². The molecule has 0 spiro atoms. The molecule has 3 N–H and O–H groups in total. The predicted octanol–water partition coefficient (Wildman–Crippen LogP) is 0.376. The summed E-state index contributed by atoms with van der Waals surface area (Å²) in [7, 11) is 2.11. The van der Waals surface area contributed by atoms with E-state index in [2.05, 4.69) is 11.9 Å². The number of hydrogen-bond donors (Lipinski definition) is 2. The standard InChI is InChI=1S/C11H20N2O2/c1-13-4-2-3-7(6-13)10(12)8-5-9(8)11(14)15/h7-10H,2-6,12H2,1H3,(H,14,15). The van der Waals surface area contributed by atoms with Gasteiger partial charge in [-0.2, -0.15) is 0 Å². The number of carboxylic acid groups (broad SMARTS) is 1. The zero-order chi connectivity index (χ0) is 11.0. The van der Waals surface area contributed by atoms with Crippen LogP contribution in [0.1, 0.15) is 19.3 Å². The number of likely N-dealkylation sites (tertiary alicyclic amines) is 1. The number of carbonyl (C=O) groups is 1. The Labute approximate surface area is 90.4 Å². The molecule has 0 radical (unpaired) electrons. The Bertz CT molecular complexity index is 257. The lowest BCUT2D eigenvalue weighted by molar-refractivity contribution is -0.139. The fourth-order valence-corrected chi connectivity index (χ4v) is 2.79. The lowest BCUT2D eigenvalue weighted by atomic mass is 9.88. The van der Waals surface area contributed by atoms with E-state index in [9.17, 15) is 4.79 Å². The van der Waals surface area contributed by atoms with Crippen LogP contribution in [0.4, 0.5) is 0 Å². The van der Waals surface area contributed by atoms with E-state index in [0.29, 0.717) is 5.92 Å². The molecule has 86 valence electrons. The van der Waals surface area contributed by atoms with Crippen molar-refractivity contribution in [2.45, 2.75) is 25.3 Å². The van der Waals surface area contributed by atoms with E-state index in [1.165, 1.54) is 6.42 Å². The topological polar surface area (TPSA) is 66.6 Å². The summed E-state index contributed by atoms with van der Waals surface area (Å²) in [6, 6.07) is 0.0915. The molecule has 4 heteroatoms. The zero-order valence-corrected chi connectivity index (χ0v) is 9.22. The highest BCUT2D eigenvalue weighted by molar-refractivity contribution is 5.73. The van der Waals surface area contributed by atoms with Crippen LogP contribution in [0, 0.1) is 17.8 Å². The summed E-state index contributed by atoms with van der Waals surface area (Å²) in [5.41, 5.74) is 6.15. The number of hydrogen-bond acceptors (Lipinski definition) is 3. The van der Waals surface area contributed by atoms with Crippen molar-refractivity contribution in [3.8, 4) is 0 Å². The third-order valence-corrected chi connectivity index (χ3v) is 3.86. The van der Waals surface area contributed by atoms with Gasteiger partial charge in [0.2, 0.25) is 0 Å². The van der Waals surface area contributed by atoms with Gasteiger partial charge in [-0.1, -0.05) is 0 Å². The largest absolute Gasteiger partial charge is 0.481 e. The Balaban J connectivity index is 1.86. The highest BCUT2D eigenvalue weighted by atomic mass is 16.4. The van der Waals surface area contributed by atoms with Gasteiger partial charge in [0.05, 0.1) is 5.92 Å². The Hall–Kier alpha value is -0.610. The van der Waals surface area contributed by atoms with Crippen molar-refractivity contribution in [1.82, 2.24) is 4.90 Å². The lowest BCUT2D eigenvalue weighted by Gasteiger charge is -2.33. The van der Waals surface area contributed by atoms with Gasteiger partial charge in [0.15, 0.2) is 0 Å². The normalized spacial score (nSPS) is 38.7. The highest BCUT2D eigenvalue weighted by Gasteiger charge is 2.48. The van der Waals surface area contributed by atoms with Crippen LogP contribution in [-0.2, 0) is 4.79 Å². The molecule has 4 atom stereocenters. The van der Waals surface area contributed by atoms with Gasteiger partial charge < -0.3 is 15.7 Å². The van der Waals surface area contributed by atoms with Crippen molar-refractivity contribution in [2.24, 2.45) is 23.5 Å². The average Bonchev–Trinajstić information content (AvgIpc) is 2.96. The summed E-state index contributed by atoms with van der Waals surface area (Å²) in [5.74, 6) is -0.0936. The minimum atomic E-state index is -0.667. The second-order valence-electron chi connectivity index (χ2n) is 5.09. The van der Waals surface area contributed by atoms with Crippen molar-refractivity contribution < 1.29 is 9.90 Å². The van der Waals surface area contributed by atoms with E-state index in [1.54, 1.807) is 0 Å². The van der Waals surface area contributed by atoms with E-state index in [1.807, 2.05) is 0 Å². The van der Waals surface area contributed by atoms with Crippen molar-refractivity contribution >= 4 is 5.97 Å². The molecule has 4 nitrogen and oxygen atoms in total. The number of nitrogens with zero attached hydrogens (tertiary/aromatic N) is 1. The Morgan fingerprint density at radius 3 is 2.87 bits per heavy atom. The van der Waals surface area contributed by atoms with Gasteiger partial charge in [-0.25, -0.2) is 0 Å². The summed E-state index contributed by atoms with van der Waals surface area (Å²) in [5, 5.41) is 8.86. The maximum absolute atomic E-state index is 10.8. The Morgan fingerprint density at radius 2 is 2.33 bits per heavy atom. The number of nitrogens with two attached hydrogens (primary N) is 1. The maximum atomic E-state index is 10.8. The first kappa shape index (κ1) is 10.9. The molecular weight excluding hydrogens is 192 g/mol. The van der Waals surface area contributed by atoms with Gasteiger partial charge in [-0.15, -0.1) is 0 Å². The monoisotopic (exact) mass is 212 g/mol. The van der Waals surface area contributed by atoms with Gasteiger partial charge in [-0.3, -0.25) is 4.79 Å². The molecule has 1 saturated heterocycles. The molecule has 0 aromatic rings. The lowest BCUT2D eigenvalue weighted by Crippen LogP contribution is -2.43. The van der Waals surface area contributed by atoms with E-state index in [4.69, 9.17) is 10.8 Å². The molecule has 4 unspecified atom stereocenters. The molecule has 0 bridgehead atoms. The van der Waals surface area contributed by atoms with Crippen LogP contribution < -0.4 is 5.73 Å². The predicted molar refractivity (Wildman–Crippen MR) is 57.4 cm³/mol. The van der Waals surface area contributed by atoms with Gasteiger partial charge >= 0.3 is 5.97 Å². The third-order valence-electron chi connectivity index (χ3n) is 3.86. The van der Waals surface area contributed by atoms with Crippen molar-refractivity contribution in [2.75, 3.05) is 20.1 Å². The van der Waals surface area contributed by atoms with Gasteiger partial charge in [-0.05, 0) is 44.7 Å². The fraction of sp³-hybridized carbons (Fsp3) is 0.909. The maximum Gasteiger partial charge on any atom is 0.306 e. The van der Waals surface area contributed by atoms with E-state index in [0.717, 1.165) is 25.9 Å². The first-order chi connectivity index (χ1) is 7.09. The molecule has 0 amide bonds. The molecule has 1 heterocycles. The molecule has 0 aromatic carbocycles. The Kier molecular flexibility index (Phi) is 2.98. The summed E-state index contributed by atoms with van der Waals surface area (Å²) in [4.78, 5) is 13.1. The van der Waals surface area contributed by atoms with Gasteiger partial charge in [0.25, 0.3) is 0 Å². The van der Waals surface area contributed by atoms with Crippen molar-refractivity contribution in [3.05, 3.63) is 0 Å². The number of rotatable bonds is 3. The van der Waals surface area contributed by atoms with Crippen LogP contribution in [0.3, 0.4) is 0 Å². The van der Waals surface area contributed by atoms with E-state index in [-0.39, 0.29) is 17.9 Å². The van der Waals surface area contributed by atoms with Crippen LogP contribution in [0.5, 0.6) is 0 Å². The number of aliphatic carboxylic acids is 1. The van der Waals surface area contributed by atoms with Crippen LogP contribution >= 0.6 is 0 Å². The molecule has 2 rings (SSSR count). The molecule has 1 aliphatic carbocycles. The van der Waals surface area contributed by atoms with E-state index >= 15 is 0 Å². The summed E-state index contributed by atoms with van der Waals surface area (Å²) in [6.07, 6.45) is 3.14. The van der Waals surface area contributed by atoms with Crippen LogP contribution in [0.15, 0.2) is 0 Å². The van der Waals surface area contributed by atoms with E-state index < -0.39 is 5.97 Å². The second-order valence-corrected chi connectivity index (χ2v) is 5.09. The summed E-state index contributed by atoms with van der Waals surface area (Å²) in [6.45, 7) is 2.18. The summed E-state index contributed by atoms with van der Waals surface area (Å²) < 4.78 is 0. The fourth-order valence-electron chi connectivity index (χ4n) is 2.79. The molecule has 2 fully saturated rings. The van der Waals surface area contributed by atoms with Crippen molar-refractivity contribution in [3.63, 3.8) is 0 Å². The number of carboxylic acids is 1. The molecule has 1 aliphatic heterocycles. The number of piperidine rings is 1. The van der Waals surface area contributed by atoms with Gasteiger partial charge in [0, 0.05) is 12.6 Å². The molecule has 15 heavy (non-hydrogen) atoms. The minimum Gasteiger partial charge on any atom is -0.481 e.